The quantitative estimate of drug-likeness (QED) is 0.863. The maximum atomic E-state index is 4.11. The molecular formula is C10H18ClN3S. The van der Waals surface area contributed by atoms with E-state index in [-0.39, 0.29) is 12.4 Å². The van der Waals surface area contributed by atoms with E-state index in [1.54, 1.807) is 11.3 Å². The minimum absolute atomic E-state index is 0. The Balaban J connectivity index is 0.00000112. The van der Waals surface area contributed by atoms with E-state index in [0.717, 1.165) is 19.6 Å². The Morgan fingerprint density at radius 3 is 2.67 bits per heavy atom. The topological polar surface area (TPSA) is 28.2 Å². The fraction of sp³-hybridized carbons (Fsp3) is 0.700. The van der Waals surface area contributed by atoms with Crippen molar-refractivity contribution in [1.29, 1.82) is 0 Å². The van der Waals surface area contributed by atoms with Gasteiger partial charge in [0.05, 0.1) is 5.51 Å². The van der Waals surface area contributed by atoms with Crippen LogP contribution in [0.2, 0.25) is 0 Å². The molecular weight excluding hydrogens is 230 g/mol. The van der Waals surface area contributed by atoms with Crippen LogP contribution in [0.3, 0.4) is 0 Å². The highest BCUT2D eigenvalue weighted by Crippen LogP contribution is 2.16. The van der Waals surface area contributed by atoms with Crippen LogP contribution in [0.15, 0.2) is 11.7 Å². The maximum Gasteiger partial charge on any atom is 0.0794 e. The number of thiazole rings is 1. The molecule has 2 rings (SSSR count). The monoisotopic (exact) mass is 247 g/mol. The number of rotatable bonds is 2. The van der Waals surface area contributed by atoms with E-state index < -0.39 is 0 Å². The van der Waals surface area contributed by atoms with Gasteiger partial charge in [-0.15, -0.1) is 23.7 Å². The molecule has 3 nitrogen and oxygen atoms in total. The predicted octanol–water partition coefficient (Wildman–Crippen LogP) is 1.75. The number of nitrogens with one attached hydrogen (secondary N) is 1. The molecule has 0 spiro atoms. The first-order valence-electron chi connectivity index (χ1n) is 5.11. The Morgan fingerprint density at radius 1 is 1.47 bits per heavy atom. The van der Waals surface area contributed by atoms with Gasteiger partial charge in [-0.3, -0.25) is 9.88 Å². The minimum Gasteiger partial charge on any atom is -0.314 e. The number of piperazine rings is 1. The SMILES string of the molecule is C[C@@H]1CNC[C@H](C)N1Cc1cncs1.Cl. The Bertz CT molecular complexity index is 268. The predicted molar refractivity (Wildman–Crippen MR) is 66.7 cm³/mol. The van der Waals surface area contributed by atoms with Gasteiger partial charge in [0.1, 0.15) is 0 Å². The van der Waals surface area contributed by atoms with Crippen molar-refractivity contribution in [1.82, 2.24) is 15.2 Å². The number of aromatic nitrogens is 1. The van der Waals surface area contributed by atoms with Gasteiger partial charge in [0.25, 0.3) is 0 Å². The Labute approximate surface area is 101 Å². The van der Waals surface area contributed by atoms with Gasteiger partial charge in [0, 0.05) is 42.8 Å². The molecule has 0 bridgehead atoms. The third kappa shape index (κ3) is 3.14. The molecule has 1 fully saturated rings. The molecule has 1 N–H and O–H groups in total. The van der Waals surface area contributed by atoms with Crippen LogP contribution in [0, 0.1) is 0 Å². The molecule has 5 heteroatoms. The lowest BCUT2D eigenvalue weighted by Gasteiger charge is -2.39. The molecule has 15 heavy (non-hydrogen) atoms. The number of nitrogens with zero attached hydrogens (tertiary/aromatic N) is 2. The zero-order chi connectivity index (χ0) is 9.97. The van der Waals surface area contributed by atoms with Crippen LogP contribution in [0.4, 0.5) is 0 Å². The van der Waals surface area contributed by atoms with Gasteiger partial charge in [0.15, 0.2) is 0 Å². The van der Waals surface area contributed by atoms with Gasteiger partial charge >= 0.3 is 0 Å². The van der Waals surface area contributed by atoms with Crippen LogP contribution in [0.5, 0.6) is 0 Å². The van der Waals surface area contributed by atoms with Crippen LogP contribution in [0.25, 0.3) is 0 Å². The molecule has 0 aromatic carbocycles. The van der Waals surface area contributed by atoms with E-state index in [1.807, 2.05) is 11.7 Å². The molecule has 1 aliphatic heterocycles. The van der Waals surface area contributed by atoms with Gasteiger partial charge < -0.3 is 5.32 Å². The second kappa shape index (κ2) is 5.80. The first-order chi connectivity index (χ1) is 6.77. The Kier molecular flexibility index (Phi) is 4.99. The van der Waals surface area contributed by atoms with Crippen LogP contribution in [-0.4, -0.2) is 35.1 Å². The van der Waals surface area contributed by atoms with Crippen LogP contribution in [0.1, 0.15) is 18.7 Å². The highest BCUT2D eigenvalue weighted by atomic mass is 35.5. The van der Waals surface area contributed by atoms with Crippen LogP contribution < -0.4 is 5.32 Å². The second-order valence-corrected chi connectivity index (χ2v) is 4.97. The third-order valence-electron chi connectivity index (χ3n) is 2.83. The summed E-state index contributed by atoms with van der Waals surface area (Å²) in [4.78, 5) is 8.03. The number of hydrogen-bond acceptors (Lipinski definition) is 4. The van der Waals surface area contributed by atoms with E-state index in [9.17, 15) is 0 Å². The zero-order valence-electron chi connectivity index (χ0n) is 9.14. The molecule has 1 saturated heterocycles. The highest BCUT2D eigenvalue weighted by Gasteiger charge is 2.24. The van der Waals surface area contributed by atoms with E-state index in [1.165, 1.54) is 4.88 Å². The number of hydrogen-bond donors (Lipinski definition) is 1. The first-order valence-corrected chi connectivity index (χ1v) is 5.99. The van der Waals surface area contributed by atoms with Crippen LogP contribution >= 0.6 is 23.7 Å². The molecule has 1 aliphatic rings. The molecule has 0 unspecified atom stereocenters. The lowest BCUT2D eigenvalue weighted by Crippen LogP contribution is -2.54. The lowest BCUT2D eigenvalue weighted by atomic mass is 10.1. The van der Waals surface area contributed by atoms with E-state index in [2.05, 4.69) is 29.0 Å². The molecule has 0 aliphatic carbocycles. The Hall–Kier alpha value is -0.160. The summed E-state index contributed by atoms with van der Waals surface area (Å²) in [5.41, 5.74) is 1.91. The molecule has 2 atom stereocenters. The van der Waals surface area contributed by atoms with E-state index in [4.69, 9.17) is 0 Å². The fourth-order valence-electron chi connectivity index (χ4n) is 1.98. The highest BCUT2D eigenvalue weighted by molar-refractivity contribution is 7.09. The summed E-state index contributed by atoms with van der Waals surface area (Å²) < 4.78 is 0. The fourth-order valence-corrected chi connectivity index (χ4v) is 2.58. The van der Waals surface area contributed by atoms with Crippen molar-refractivity contribution in [3.8, 4) is 0 Å². The summed E-state index contributed by atoms with van der Waals surface area (Å²) in [6.45, 7) is 7.81. The maximum absolute atomic E-state index is 4.11. The van der Waals surface area contributed by atoms with Gasteiger partial charge in [-0.1, -0.05) is 0 Å². The summed E-state index contributed by atoms with van der Waals surface area (Å²) in [6, 6.07) is 1.25. The van der Waals surface area contributed by atoms with Crippen molar-refractivity contribution in [3.05, 3.63) is 16.6 Å². The first kappa shape index (κ1) is 12.9. The van der Waals surface area contributed by atoms with Crippen molar-refractivity contribution in [2.45, 2.75) is 32.5 Å². The van der Waals surface area contributed by atoms with Gasteiger partial charge in [-0.2, -0.15) is 0 Å². The molecule has 2 heterocycles. The third-order valence-corrected chi connectivity index (χ3v) is 3.60. The second-order valence-electron chi connectivity index (χ2n) is 4.00. The average molecular weight is 248 g/mol. The normalized spacial score (nSPS) is 27.3. The van der Waals surface area contributed by atoms with Gasteiger partial charge in [0.2, 0.25) is 0 Å². The minimum atomic E-state index is 0. The van der Waals surface area contributed by atoms with Gasteiger partial charge in [-0.05, 0) is 13.8 Å². The summed E-state index contributed by atoms with van der Waals surface area (Å²) in [7, 11) is 0. The summed E-state index contributed by atoms with van der Waals surface area (Å²) in [5.74, 6) is 0. The van der Waals surface area contributed by atoms with Crippen molar-refractivity contribution >= 4 is 23.7 Å². The van der Waals surface area contributed by atoms with Crippen molar-refractivity contribution in [2.24, 2.45) is 0 Å². The van der Waals surface area contributed by atoms with Crippen molar-refractivity contribution < 1.29 is 0 Å². The van der Waals surface area contributed by atoms with E-state index >= 15 is 0 Å². The molecule has 1 aromatic rings. The molecule has 86 valence electrons. The Morgan fingerprint density at radius 2 is 2.13 bits per heavy atom. The standard InChI is InChI=1S/C10H17N3S.ClH/c1-8-3-11-4-9(2)13(8)6-10-5-12-7-14-10;/h5,7-9,11H,3-4,6H2,1-2H3;1H/t8-,9+;. The van der Waals surface area contributed by atoms with Crippen molar-refractivity contribution in [3.63, 3.8) is 0 Å². The summed E-state index contributed by atoms with van der Waals surface area (Å²) in [6.07, 6.45) is 1.98. The zero-order valence-corrected chi connectivity index (χ0v) is 10.8. The lowest BCUT2D eigenvalue weighted by molar-refractivity contribution is 0.110. The molecule has 0 saturated carbocycles. The summed E-state index contributed by atoms with van der Waals surface area (Å²) >= 11 is 1.75. The molecule has 1 aromatic heterocycles. The smallest absolute Gasteiger partial charge is 0.0794 e. The number of halogens is 1. The molecule has 0 amide bonds. The van der Waals surface area contributed by atoms with Crippen LogP contribution in [-0.2, 0) is 6.54 Å². The van der Waals surface area contributed by atoms with Gasteiger partial charge in [-0.25, -0.2) is 0 Å². The molecule has 0 radical (unpaired) electrons. The summed E-state index contributed by atoms with van der Waals surface area (Å²) in [5, 5.41) is 3.44. The largest absolute Gasteiger partial charge is 0.314 e. The van der Waals surface area contributed by atoms with Crippen molar-refractivity contribution in [2.75, 3.05) is 13.1 Å². The van der Waals surface area contributed by atoms with E-state index in [0.29, 0.717) is 12.1 Å². The average Bonchev–Trinajstić information content (AvgIpc) is 2.64.